The Morgan fingerprint density at radius 3 is 2.06 bits per heavy atom. The van der Waals surface area contributed by atoms with Gasteiger partial charge in [-0.25, -0.2) is 0 Å². The van der Waals surface area contributed by atoms with Crippen molar-refractivity contribution in [2.75, 3.05) is 27.7 Å². The molecule has 12 heteroatoms. The molecule has 1 aliphatic heterocycles. The first kappa shape index (κ1) is 43.1. The van der Waals surface area contributed by atoms with Crippen LogP contribution >= 0.6 is 0 Å². The molecular formula is C38H65N5O7. The Labute approximate surface area is 300 Å². The summed E-state index contributed by atoms with van der Waals surface area (Å²) in [6.45, 7) is 15.5. The van der Waals surface area contributed by atoms with Crippen molar-refractivity contribution in [2.45, 2.75) is 130 Å². The van der Waals surface area contributed by atoms with E-state index in [4.69, 9.17) is 4.74 Å². The number of nitrogens with one attached hydrogen (secondary N) is 3. The van der Waals surface area contributed by atoms with Gasteiger partial charge in [-0.1, -0.05) is 85.2 Å². The Kier molecular flexibility index (Phi) is 17.3. The third-order valence-electron chi connectivity index (χ3n) is 10.5. The molecule has 1 heterocycles. The average Bonchev–Trinajstić information content (AvgIpc) is 3.59. The van der Waals surface area contributed by atoms with Gasteiger partial charge >= 0.3 is 0 Å². The largest absolute Gasteiger partial charge is 0.390 e. The summed E-state index contributed by atoms with van der Waals surface area (Å²) in [6, 6.07) is 6.19. The van der Waals surface area contributed by atoms with Gasteiger partial charge in [0.1, 0.15) is 6.04 Å². The van der Waals surface area contributed by atoms with E-state index in [2.05, 4.69) is 16.0 Å². The number of carbonyl (C=O) groups excluding carboxylic acids is 4. The summed E-state index contributed by atoms with van der Waals surface area (Å²) in [7, 11) is 4.95. The molecule has 0 saturated carbocycles. The van der Waals surface area contributed by atoms with E-state index in [0.29, 0.717) is 24.9 Å². The van der Waals surface area contributed by atoms with Crippen molar-refractivity contribution in [3.63, 3.8) is 0 Å². The van der Waals surface area contributed by atoms with Crippen LogP contribution in [0.2, 0.25) is 0 Å². The third-order valence-corrected chi connectivity index (χ3v) is 10.5. The van der Waals surface area contributed by atoms with Gasteiger partial charge in [0.05, 0.1) is 54.8 Å². The molecule has 0 spiro atoms. The lowest BCUT2D eigenvalue weighted by Gasteiger charge is -2.40. The Hall–Kier alpha value is -3.06. The molecule has 12 nitrogen and oxygen atoms in total. The third kappa shape index (κ3) is 11.0. The molecule has 0 aromatic heterocycles. The first-order chi connectivity index (χ1) is 23.5. The molecule has 10 atom stereocenters. The van der Waals surface area contributed by atoms with Crippen molar-refractivity contribution < 1.29 is 34.1 Å². The minimum Gasteiger partial charge on any atom is -0.390 e. The molecule has 0 aliphatic carbocycles. The second kappa shape index (κ2) is 20.1. The summed E-state index contributed by atoms with van der Waals surface area (Å²) in [5.41, 5.74) is 0.676. The number of likely N-dealkylation sites (tertiary alicyclic amines) is 1. The molecule has 1 saturated heterocycles. The number of benzene rings is 1. The van der Waals surface area contributed by atoms with Crippen LogP contribution in [-0.4, -0.2) is 114 Å². The maximum absolute atomic E-state index is 14.1. The van der Waals surface area contributed by atoms with Gasteiger partial charge in [0, 0.05) is 20.7 Å². The number of methoxy groups -OCH3 is 1. The number of aliphatic hydroxyl groups excluding tert-OH is 2. The van der Waals surface area contributed by atoms with Crippen molar-refractivity contribution in [3.8, 4) is 0 Å². The van der Waals surface area contributed by atoms with Crippen LogP contribution in [0.3, 0.4) is 0 Å². The summed E-state index contributed by atoms with van der Waals surface area (Å²) in [5.74, 6) is -2.17. The van der Waals surface area contributed by atoms with E-state index in [1.165, 1.54) is 7.11 Å². The molecule has 4 amide bonds. The number of rotatable bonds is 19. The van der Waals surface area contributed by atoms with Crippen LogP contribution in [0.1, 0.15) is 92.7 Å². The fourth-order valence-corrected chi connectivity index (χ4v) is 7.08. The van der Waals surface area contributed by atoms with E-state index in [9.17, 15) is 29.4 Å². The highest BCUT2D eigenvalue weighted by molar-refractivity contribution is 5.90. The number of carbonyl (C=O) groups is 4. The van der Waals surface area contributed by atoms with Crippen LogP contribution < -0.4 is 16.0 Å². The van der Waals surface area contributed by atoms with Gasteiger partial charge in [0.2, 0.25) is 23.6 Å². The lowest BCUT2D eigenvalue weighted by atomic mass is 9.89. The van der Waals surface area contributed by atoms with E-state index in [0.717, 1.165) is 6.42 Å². The summed E-state index contributed by atoms with van der Waals surface area (Å²) in [5, 5.41) is 31.0. The molecule has 0 radical (unpaired) electrons. The van der Waals surface area contributed by atoms with Crippen molar-refractivity contribution in [2.24, 2.45) is 23.7 Å². The molecule has 1 aliphatic rings. The summed E-state index contributed by atoms with van der Waals surface area (Å²) >= 11 is 0. The van der Waals surface area contributed by atoms with E-state index in [1.807, 2.05) is 59.7 Å². The molecule has 5 N–H and O–H groups in total. The van der Waals surface area contributed by atoms with Crippen molar-refractivity contribution in [1.82, 2.24) is 25.8 Å². The van der Waals surface area contributed by atoms with Crippen LogP contribution in [-0.2, 0) is 23.9 Å². The first-order valence-electron chi connectivity index (χ1n) is 18.3. The number of amides is 4. The number of ether oxygens (including phenoxy) is 1. The molecule has 284 valence electrons. The maximum atomic E-state index is 14.1. The van der Waals surface area contributed by atoms with Gasteiger partial charge < -0.3 is 40.7 Å². The topological polar surface area (TPSA) is 161 Å². The van der Waals surface area contributed by atoms with Gasteiger partial charge in [-0.3, -0.25) is 19.2 Å². The van der Waals surface area contributed by atoms with Gasteiger partial charge in [-0.15, -0.1) is 0 Å². The summed E-state index contributed by atoms with van der Waals surface area (Å²) < 4.78 is 5.94. The predicted molar refractivity (Wildman–Crippen MR) is 195 cm³/mol. The zero-order valence-electron chi connectivity index (χ0n) is 32.2. The highest BCUT2D eigenvalue weighted by Crippen LogP contribution is 2.29. The average molecular weight is 704 g/mol. The second-order valence-corrected chi connectivity index (χ2v) is 14.8. The SMILES string of the molecule is CCC(C)C(C(CC(=O)N1CCC[C@H]1C(O)C(C)C(=O)NC(C)C(O)c1ccccc1)OC)N(C)C(=O)C(NC(=O)[C@@H](NC)C(C)C)C(C)C. The van der Waals surface area contributed by atoms with E-state index in [-0.39, 0.29) is 41.9 Å². The smallest absolute Gasteiger partial charge is 0.245 e. The Morgan fingerprint density at radius 1 is 0.940 bits per heavy atom. The van der Waals surface area contributed by atoms with Crippen LogP contribution in [0.4, 0.5) is 0 Å². The van der Waals surface area contributed by atoms with Gasteiger partial charge in [0.15, 0.2) is 0 Å². The highest BCUT2D eigenvalue weighted by Gasteiger charge is 2.42. The van der Waals surface area contributed by atoms with Gasteiger partial charge in [-0.05, 0) is 50.1 Å². The lowest BCUT2D eigenvalue weighted by Crippen LogP contribution is -2.59. The minimum atomic E-state index is -1.12. The number of hydrogen-bond donors (Lipinski definition) is 5. The molecule has 50 heavy (non-hydrogen) atoms. The van der Waals surface area contributed by atoms with Crippen molar-refractivity contribution in [1.29, 1.82) is 0 Å². The quantitative estimate of drug-likeness (QED) is 0.147. The Morgan fingerprint density at radius 2 is 1.54 bits per heavy atom. The minimum absolute atomic E-state index is 0.0267. The van der Waals surface area contributed by atoms with Crippen molar-refractivity contribution >= 4 is 23.6 Å². The second-order valence-electron chi connectivity index (χ2n) is 14.8. The molecule has 1 aromatic carbocycles. The molecule has 1 aromatic rings. The standard InChI is InChI=1S/C38H65N5O7/c1-12-24(6)33(42(10)38(49)32(23(4)5)41-37(48)31(39-9)22(2)3)29(50-11)21-30(44)43-20-16-19-28(43)34(45)25(7)36(47)40-26(8)35(46)27-17-14-13-15-18-27/h13-15,17-18,22-26,28-29,31-35,39,45-46H,12,16,19-21H2,1-11H3,(H,40,47)(H,41,48)/t24?,25?,26?,28-,29?,31-,32?,33?,34?,35?/m0/s1. The van der Waals surface area contributed by atoms with Gasteiger partial charge in [0.25, 0.3) is 0 Å². The number of aliphatic hydroxyl groups is 2. The van der Waals surface area contributed by atoms with E-state index in [1.54, 1.807) is 49.9 Å². The van der Waals surface area contributed by atoms with Crippen LogP contribution in [0.5, 0.6) is 0 Å². The Bertz CT molecular complexity index is 1230. The molecular weight excluding hydrogens is 638 g/mol. The summed E-state index contributed by atoms with van der Waals surface area (Å²) in [6.07, 6.45) is -0.787. The normalized spacial score (nSPS) is 20.3. The van der Waals surface area contributed by atoms with E-state index >= 15 is 0 Å². The molecule has 2 rings (SSSR count). The number of likely N-dealkylation sites (N-methyl/N-ethyl adjacent to an activating group) is 2. The zero-order valence-corrected chi connectivity index (χ0v) is 32.2. The zero-order chi connectivity index (χ0) is 37.9. The van der Waals surface area contributed by atoms with Crippen molar-refractivity contribution in [3.05, 3.63) is 35.9 Å². The molecule has 8 unspecified atom stereocenters. The first-order valence-corrected chi connectivity index (χ1v) is 18.3. The van der Waals surface area contributed by atoms with Crippen LogP contribution in [0, 0.1) is 23.7 Å². The highest BCUT2D eigenvalue weighted by atomic mass is 16.5. The lowest BCUT2D eigenvalue weighted by molar-refractivity contribution is -0.147. The fraction of sp³-hybridized carbons (Fsp3) is 0.737. The Balaban J connectivity index is 2.20. The monoisotopic (exact) mass is 703 g/mol. The van der Waals surface area contributed by atoms with Crippen LogP contribution in [0.25, 0.3) is 0 Å². The fourth-order valence-electron chi connectivity index (χ4n) is 7.08. The molecule has 0 bridgehead atoms. The number of hydrogen-bond acceptors (Lipinski definition) is 8. The molecule has 1 fully saturated rings. The predicted octanol–water partition coefficient (Wildman–Crippen LogP) is 2.88. The van der Waals surface area contributed by atoms with Gasteiger partial charge in [-0.2, -0.15) is 0 Å². The maximum Gasteiger partial charge on any atom is 0.245 e. The van der Waals surface area contributed by atoms with E-state index < -0.39 is 60.3 Å². The van der Waals surface area contributed by atoms with Crippen LogP contribution in [0.15, 0.2) is 30.3 Å². The number of nitrogens with zero attached hydrogens (tertiary/aromatic N) is 2. The summed E-state index contributed by atoms with van der Waals surface area (Å²) in [4.78, 5) is 57.6.